The predicted molar refractivity (Wildman–Crippen MR) is 97.3 cm³/mol. The maximum atomic E-state index is 12.6. The highest BCUT2D eigenvalue weighted by atomic mass is 32.2. The van der Waals surface area contributed by atoms with Crippen LogP contribution in [0.5, 0.6) is 0 Å². The summed E-state index contributed by atoms with van der Waals surface area (Å²) >= 11 is 3.01. The average molecular weight is 360 g/mol. The number of nitrogens with zero attached hydrogens (tertiary/aromatic N) is 2. The van der Waals surface area contributed by atoms with E-state index in [1.54, 1.807) is 35.9 Å². The largest absolute Gasteiger partial charge is 0.478 e. The summed E-state index contributed by atoms with van der Waals surface area (Å²) in [6.45, 7) is 3.95. The molecule has 0 aliphatic carbocycles. The number of carbonyl (C=O) groups is 1. The van der Waals surface area contributed by atoms with Gasteiger partial charge in [0.05, 0.1) is 10.9 Å². The molecule has 7 heteroatoms. The van der Waals surface area contributed by atoms with E-state index in [0.29, 0.717) is 16.3 Å². The Kier molecular flexibility index (Phi) is 4.47. The minimum Gasteiger partial charge on any atom is -0.478 e. The molecule has 0 saturated carbocycles. The van der Waals surface area contributed by atoms with Gasteiger partial charge in [-0.05, 0) is 37.1 Å². The third-order valence-corrected chi connectivity index (χ3v) is 6.14. The van der Waals surface area contributed by atoms with Crippen LogP contribution in [0, 0.1) is 13.8 Å². The first kappa shape index (κ1) is 16.7. The average Bonchev–Trinajstić information content (AvgIpc) is 2.84. The molecule has 0 radical (unpaired) electrons. The molecule has 0 aliphatic rings. The Bertz CT molecular complexity index is 988. The van der Waals surface area contributed by atoms with Crippen LogP contribution >= 0.6 is 23.1 Å². The monoisotopic (exact) mass is 360 g/mol. The maximum Gasteiger partial charge on any atom is 0.335 e. The molecule has 3 aromatic rings. The molecule has 0 aliphatic heterocycles. The number of rotatable bonds is 4. The van der Waals surface area contributed by atoms with Gasteiger partial charge in [-0.2, -0.15) is 0 Å². The number of hydrogen-bond donors (Lipinski definition) is 1. The number of carboxylic acid groups (broad SMARTS) is 1. The fraction of sp³-hybridized carbons (Fsp3) is 0.235. The second-order valence-corrected chi connectivity index (χ2v) is 7.66. The van der Waals surface area contributed by atoms with Gasteiger partial charge >= 0.3 is 5.97 Å². The first-order chi connectivity index (χ1) is 11.4. The first-order valence-electron chi connectivity index (χ1n) is 7.30. The Hall–Kier alpha value is -2.12. The summed E-state index contributed by atoms with van der Waals surface area (Å²) in [7, 11) is 1.73. The molecule has 124 valence electrons. The molecule has 0 atom stereocenters. The summed E-state index contributed by atoms with van der Waals surface area (Å²) in [4.78, 5) is 30.0. The second kappa shape index (κ2) is 6.41. The van der Waals surface area contributed by atoms with Crippen molar-refractivity contribution >= 4 is 39.3 Å². The number of hydrogen-bond acceptors (Lipinski definition) is 5. The molecule has 0 spiro atoms. The van der Waals surface area contributed by atoms with Gasteiger partial charge in [-0.25, -0.2) is 9.78 Å². The first-order valence-corrected chi connectivity index (χ1v) is 9.10. The highest BCUT2D eigenvalue weighted by molar-refractivity contribution is 7.98. The predicted octanol–water partition coefficient (Wildman–Crippen LogP) is 3.60. The standard InChI is InChI=1S/C17H16N2O3S2/c1-9-10(2)24-14-13(9)15(20)19(3)17(18-14)23-8-11-4-6-12(7-5-11)16(21)22/h4-7H,8H2,1-3H3,(H,21,22). The third-order valence-electron chi connectivity index (χ3n) is 3.94. The van der Waals surface area contributed by atoms with Crippen molar-refractivity contribution in [3.05, 3.63) is 56.2 Å². The third kappa shape index (κ3) is 2.97. The molecule has 5 nitrogen and oxygen atoms in total. The van der Waals surface area contributed by atoms with Gasteiger partial charge in [0, 0.05) is 17.7 Å². The van der Waals surface area contributed by atoms with Crippen LogP contribution in [0.3, 0.4) is 0 Å². The number of fused-ring (bicyclic) bond motifs is 1. The zero-order valence-electron chi connectivity index (χ0n) is 13.5. The molecule has 2 aromatic heterocycles. The fourth-order valence-corrected chi connectivity index (χ4v) is 4.37. The number of carboxylic acids is 1. The normalized spacial score (nSPS) is 11.1. The molecular weight excluding hydrogens is 344 g/mol. The lowest BCUT2D eigenvalue weighted by atomic mass is 10.1. The number of benzene rings is 1. The van der Waals surface area contributed by atoms with E-state index in [4.69, 9.17) is 5.11 Å². The van der Waals surface area contributed by atoms with Gasteiger partial charge in [0.2, 0.25) is 0 Å². The number of thiophene rings is 1. The Labute approximate surface area is 147 Å². The SMILES string of the molecule is Cc1sc2nc(SCc3ccc(C(=O)O)cc3)n(C)c(=O)c2c1C. The van der Waals surface area contributed by atoms with Gasteiger partial charge in [-0.1, -0.05) is 23.9 Å². The molecule has 0 saturated heterocycles. The van der Waals surface area contributed by atoms with E-state index in [-0.39, 0.29) is 11.1 Å². The van der Waals surface area contributed by atoms with Gasteiger partial charge in [0.25, 0.3) is 5.56 Å². The van der Waals surface area contributed by atoms with Crippen LogP contribution in [-0.4, -0.2) is 20.6 Å². The van der Waals surface area contributed by atoms with E-state index in [1.165, 1.54) is 23.1 Å². The van der Waals surface area contributed by atoms with Gasteiger partial charge in [0.1, 0.15) is 4.83 Å². The van der Waals surface area contributed by atoms with Crippen LogP contribution in [-0.2, 0) is 12.8 Å². The van der Waals surface area contributed by atoms with Crippen molar-refractivity contribution in [3.8, 4) is 0 Å². The molecule has 0 fully saturated rings. The van der Waals surface area contributed by atoms with Crippen molar-refractivity contribution in [3.63, 3.8) is 0 Å². The quantitative estimate of drug-likeness (QED) is 0.568. The zero-order chi connectivity index (χ0) is 17.4. The Morgan fingerprint density at radius 3 is 2.58 bits per heavy atom. The van der Waals surface area contributed by atoms with Gasteiger partial charge in [-0.3, -0.25) is 9.36 Å². The summed E-state index contributed by atoms with van der Waals surface area (Å²) in [5.74, 6) is -0.318. The van der Waals surface area contributed by atoms with E-state index < -0.39 is 5.97 Å². The summed E-state index contributed by atoms with van der Waals surface area (Å²) in [5, 5.41) is 10.3. The highest BCUT2D eigenvalue weighted by Crippen LogP contribution is 2.29. The van der Waals surface area contributed by atoms with Crippen LogP contribution in [0.1, 0.15) is 26.4 Å². The minimum absolute atomic E-state index is 0.0226. The Morgan fingerprint density at radius 1 is 1.29 bits per heavy atom. The summed E-state index contributed by atoms with van der Waals surface area (Å²) < 4.78 is 1.58. The van der Waals surface area contributed by atoms with Crippen molar-refractivity contribution in [2.45, 2.75) is 24.8 Å². The molecule has 2 heterocycles. The van der Waals surface area contributed by atoms with Crippen LogP contribution in [0.15, 0.2) is 34.2 Å². The summed E-state index contributed by atoms with van der Waals surface area (Å²) in [6, 6.07) is 6.73. The smallest absolute Gasteiger partial charge is 0.335 e. The minimum atomic E-state index is -0.938. The molecule has 1 N–H and O–H groups in total. The maximum absolute atomic E-state index is 12.6. The molecular formula is C17H16N2O3S2. The van der Waals surface area contributed by atoms with Gasteiger partial charge < -0.3 is 5.11 Å². The van der Waals surface area contributed by atoms with Crippen molar-refractivity contribution in [2.75, 3.05) is 0 Å². The van der Waals surface area contributed by atoms with E-state index in [0.717, 1.165) is 20.8 Å². The van der Waals surface area contributed by atoms with Gasteiger partial charge in [-0.15, -0.1) is 11.3 Å². The zero-order valence-corrected chi connectivity index (χ0v) is 15.1. The second-order valence-electron chi connectivity index (χ2n) is 5.51. The molecule has 1 aromatic carbocycles. The van der Waals surface area contributed by atoms with Crippen LogP contribution in [0.4, 0.5) is 0 Å². The molecule has 0 bridgehead atoms. The Balaban J connectivity index is 1.89. The lowest BCUT2D eigenvalue weighted by Crippen LogP contribution is -2.19. The molecule has 0 unspecified atom stereocenters. The van der Waals surface area contributed by atoms with E-state index in [2.05, 4.69) is 4.98 Å². The number of aromatic nitrogens is 2. The van der Waals surface area contributed by atoms with Crippen molar-refractivity contribution in [2.24, 2.45) is 7.05 Å². The van der Waals surface area contributed by atoms with E-state index in [9.17, 15) is 9.59 Å². The number of aryl methyl sites for hydroxylation is 2. The van der Waals surface area contributed by atoms with Crippen LogP contribution < -0.4 is 5.56 Å². The molecule has 24 heavy (non-hydrogen) atoms. The van der Waals surface area contributed by atoms with E-state index in [1.807, 2.05) is 13.8 Å². The topological polar surface area (TPSA) is 72.2 Å². The lowest BCUT2D eigenvalue weighted by Gasteiger charge is -2.07. The number of thioether (sulfide) groups is 1. The van der Waals surface area contributed by atoms with Crippen LogP contribution in [0.2, 0.25) is 0 Å². The van der Waals surface area contributed by atoms with Gasteiger partial charge in [0.15, 0.2) is 5.16 Å². The Morgan fingerprint density at radius 2 is 1.96 bits per heavy atom. The fourth-order valence-electron chi connectivity index (χ4n) is 2.38. The molecule has 0 amide bonds. The number of aromatic carboxylic acids is 1. The van der Waals surface area contributed by atoms with Crippen molar-refractivity contribution < 1.29 is 9.90 Å². The summed E-state index contributed by atoms with van der Waals surface area (Å²) in [6.07, 6.45) is 0. The van der Waals surface area contributed by atoms with Crippen molar-refractivity contribution in [1.29, 1.82) is 0 Å². The molecule has 3 rings (SSSR count). The van der Waals surface area contributed by atoms with Crippen LogP contribution in [0.25, 0.3) is 10.2 Å². The lowest BCUT2D eigenvalue weighted by molar-refractivity contribution is 0.0697. The van der Waals surface area contributed by atoms with E-state index >= 15 is 0 Å². The van der Waals surface area contributed by atoms with Crippen molar-refractivity contribution in [1.82, 2.24) is 9.55 Å². The summed E-state index contributed by atoms with van der Waals surface area (Å²) in [5.41, 5.74) is 2.23. The highest BCUT2D eigenvalue weighted by Gasteiger charge is 2.15.